The zero-order valence-corrected chi connectivity index (χ0v) is 12.3. The third-order valence-corrected chi connectivity index (χ3v) is 5.59. The standard InChI is InChI=1S/C14H11ClFNS2/c15-9-2-1-3-10(16)8(9)6-11(17)13-7-14-12(19-13)4-5-18-14/h1-5,7,11H,6,17H2. The molecular formula is C14H11ClFNS2. The summed E-state index contributed by atoms with van der Waals surface area (Å²) in [5, 5.41) is 2.50. The van der Waals surface area contributed by atoms with Gasteiger partial charge >= 0.3 is 0 Å². The van der Waals surface area contributed by atoms with Gasteiger partial charge in [0.15, 0.2) is 0 Å². The fraction of sp³-hybridized carbons (Fsp3) is 0.143. The number of hydrogen-bond donors (Lipinski definition) is 1. The zero-order valence-electron chi connectivity index (χ0n) is 9.90. The van der Waals surface area contributed by atoms with Gasteiger partial charge in [-0.05, 0) is 36.1 Å². The van der Waals surface area contributed by atoms with Crippen LogP contribution in [0.5, 0.6) is 0 Å². The maximum absolute atomic E-state index is 13.7. The molecule has 1 unspecified atom stereocenters. The predicted octanol–water partition coefficient (Wildman–Crippen LogP) is 5.00. The molecule has 2 aromatic heterocycles. The molecular weight excluding hydrogens is 301 g/mol. The van der Waals surface area contributed by atoms with E-state index >= 15 is 0 Å². The molecule has 0 saturated carbocycles. The normalized spacial score (nSPS) is 13.0. The van der Waals surface area contributed by atoms with Crippen LogP contribution in [0.2, 0.25) is 5.02 Å². The van der Waals surface area contributed by atoms with Crippen LogP contribution in [0.3, 0.4) is 0 Å². The van der Waals surface area contributed by atoms with Gasteiger partial charge in [0, 0.05) is 30.9 Å². The largest absolute Gasteiger partial charge is 0.323 e. The lowest BCUT2D eigenvalue weighted by Gasteiger charge is -2.11. The maximum atomic E-state index is 13.7. The van der Waals surface area contributed by atoms with Crippen LogP contribution in [0.15, 0.2) is 35.7 Å². The second-order valence-corrected chi connectivity index (χ2v) is 6.78. The lowest BCUT2D eigenvalue weighted by Crippen LogP contribution is -2.13. The number of hydrogen-bond acceptors (Lipinski definition) is 3. The highest BCUT2D eigenvalue weighted by molar-refractivity contribution is 7.26. The summed E-state index contributed by atoms with van der Waals surface area (Å²) >= 11 is 9.38. The van der Waals surface area contributed by atoms with Crippen LogP contribution < -0.4 is 5.73 Å². The van der Waals surface area contributed by atoms with E-state index < -0.39 is 0 Å². The smallest absolute Gasteiger partial charge is 0.127 e. The molecule has 3 aromatic rings. The highest BCUT2D eigenvalue weighted by Gasteiger charge is 2.15. The lowest BCUT2D eigenvalue weighted by molar-refractivity contribution is 0.595. The Morgan fingerprint density at radius 3 is 2.84 bits per heavy atom. The molecule has 0 aliphatic rings. The van der Waals surface area contributed by atoms with Gasteiger partial charge in [0.2, 0.25) is 0 Å². The fourth-order valence-corrected chi connectivity index (χ4v) is 4.38. The Morgan fingerprint density at radius 2 is 2.11 bits per heavy atom. The minimum Gasteiger partial charge on any atom is -0.323 e. The van der Waals surface area contributed by atoms with E-state index in [0.717, 1.165) is 4.88 Å². The molecule has 0 radical (unpaired) electrons. The molecule has 0 fully saturated rings. The molecule has 2 N–H and O–H groups in total. The molecule has 0 aliphatic heterocycles. The van der Waals surface area contributed by atoms with Gasteiger partial charge in [0.1, 0.15) is 5.82 Å². The molecule has 1 atom stereocenters. The molecule has 3 rings (SSSR count). The van der Waals surface area contributed by atoms with Crippen molar-refractivity contribution in [3.63, 3.8) is 0 Å². The van der Waals surface area contributed by atoms with Crippen molar-refractivity contribution in [3.05, 3.63) is 57.0 Å². The number of fused-ring (bicyclic) bond motifs is 1. The van der Waals surface area contributed by atoms with Crippen LogP contribution >= 0.6 is 34.3 Å². The monoisotopic (exact) mass is 311 g/mol. The van der Waals surface area contributed by atoms with Crippen molar-refractivity contribution < 1.29 is 4.39 Å². The molecule has 2 heterocycles. The van der Waals surface area contributed by atoms with E-state index in [-0.39, 0.29) is 11.9 Å². The van der Waals surface area contributed by atoms with E-state index in [9.17, 15) is 4.39 Å². The van der Waals surface area contributed by atoms with Crippen molar-refractivity contribution in [2.75, 3.05) is 0 Å². The number of thiophene rings is 2. The van der Waals surface area contributed by atoms with E-state index in [2.05, 4.69) is 17.5 Å². The summed E-state index contributed by atoms with van der Waals surface area (Å²) in [5.41, 5.74) is 6.67. The van der Waals surface area contributed by atoms with Crippen molar-refractivity contribution in [3.8, 4) is 0 Å². The average molecular weight is 312 g/mol. The average Bonchev–Trinajstić information content (AvgIpc) is 2.94. The molecule has 1 aromatic carbocycles. The summed E-state index contributed by atoms with van der Waals surface area (Å²) in [6.07, 6.45) is 0.416. The van der Waals surface area contributed by atoms with Crippen LogP contribution in [-0.2, 0) is 6.42 Å². The summed E-state index contributed by atoms with van der Waals surface area (Å²) in [6.45, 7) is 0. The third kappa shape index (κ3) is 2.54. The minimum absolute atomic E-state index is 0.223. The molecule has 0 bridgehead atoms. The molecule has 0 saturated heterocycles. The molecule has 19 heavy (non-hydrogen) atoms. The SMILES string of the molecule is NC(Cc1c(F)cccc1Cl)c1cc2sccc2s1. The second-order valence-electron chi connectivity index (χ2n) is 4.31. The summed E-state index contributed by atoms with van der Waals surface area (Å²) in [6, 6.07) is 8.66. The van der Waals surface area contributed by atoms with Gasteiger partial charge in [0.05, 0.1) is 0 Å². The highest BCUT2D eigenvalue weighted by atomic mass is 35.5. The lowest BCUT2D eigenvalue weighted by atomic mass is 10.0. The Balaban J connectivity index is 1.88. The molecule has 0 spiro atoms. The number of rotatable bonds is 3. The van der Waals surface area contributed by atoms with Gasteiger partial charge in [-0.15, -0.1) is 22.7 Å². The summed E-state index contributed by atoms with van der Waals surface area (Å²) in [4.78, 5) is 1.07. The van der Waals surface area contributed by atoms with Crippen LogP contribution in [0, 0.1) is 5.82 Å². The fourth-order valence-electron chi connectivity index (χ4n) is 2.02. The molecule has 0 aliphatic carbocycles. The van der Waals surface area contributed by atoms with Gasteiger partial charge in [-0.2, -0.15) is 0 Å². The molecule has 0 amide bonds. The number of halogens is 2. The minimum atomic E-state index is -0.290. The van der Waals surface area contributed by atoms with Crippen LogP contribution in [0.25, 0.3) is 9.40 Å². The number of nitrogens with two attached hydrogens (primary N) is 1. The van der Waals surface area contributed by atoms with Crippen molar-refractivity contribution in [1.29, 1.82) is 0 Å². The Morgan fingerprint density at radius 1 is 1.26 bits per heavy atom. The third-order valence-electron chi connectivity index (χ3n) is 3.01. The summed E-state index contributed by atoms with van der Waals surface area (Å²) in [7, 11) is 0. The Kier molecular flexibility index (Phi) is 3.58. The van der Waals surface area contributed by atoms with Gasteiger partial charge in [-0.3, -0.25) is 0 Å². The van der Waals surface area contributed by atoms with Crippen molar-refractivity contribution in [2.45, 2.75) is 12.5 Å². The van der Waals surface area contributed by atoms with Gasteiger partial charge in [-0.25, -0.2) is 4.39 Å². The predicted molar refractivity (Wildman–Crippen MR) is 81.7 cm³/mol. The van der Waals surface area contributed by atoms with Gasteiger partial charge < -0.3 is 5.73 Å². The zero-order chi connectivity index (χ0) is 13.4. The summed E-state index contributed by atoms with van der Waals surface area (Å²) < 4.78 is 16.2. The quantitative estimate of drug-likeness (QED) is 0.724. The maximum Gasteiger partial charge on any atom is 0.127 e. The van der Waals surface area contributed by atoms with E-state index in [4.69, 9.17) is 17.3 Å². The Bertz CT molecular complexity index is 670. The summed E-state index contributed by atoms with van der Waals surface area (Å²) in [5.74, 6) is -0.290. The van der Waals surface area contributed by atoms with Crippen LogP contribution in [0.4, 0.5) is 4.39 Å². The first-order valence-electron chi connectivity index (χ1n) is 5.80. The van der Waals surface area contributed by atoms with E-state index in [1.807, 2.05) is 0 Å². The first kappa shape index (κ1) is 13.1. The van der Waals surface area contributed by atoms with Crippen molar-refractivity contribution >= 4 is 43.7 Å². The van der Waals surface area contributed by atoms with E-state index in [0.29, 0.717) is 17.0 Å². The Labute approximate surface area is 123 Å². The van der Waals surface area contributed by atoms with Crippen LogP contribution in [0.1, 0.15) is 16.5 Å². The number of benzene rings is 1. The van der Waals surface area contributed by atoms with Gasteiger partial charge in [-0.1, -0.05) is 17.7 Å². The topological polar surface area (TPSA) is 26.0 Å². The Hall–Kier alpha value is -0.940. The first-order chi connectivity index (χ1) is 9.15. The first-order valence-corrected chi connectivity index (χ1v) is 7.88. The molecule has 1 nitrogen and oxygen atoms in total. The van der Waals surface area contributed by atoms with E-state index in [1.54, 1.807) is 34.8 Å². The second kappa shape index (κ2) is 5.21. The van der Waals surface area contributed by atoms with Gasteiger partial charge in [0.25, 0.3) is 0 Å². The highest BCUT2D eigenvalue weighted by Crippen LogP contribution is 2.34. The van der Waals surface area contributed by atoms with Crippen molar-refractivity contribution in [2.24, 2.45) is 5.73 Å². The molecule has 98 valence electrons. The van der Waals surface area contributed by atoms with E-state index in [1.165, 1.54) is 15.5 Å². The van der Waals surface area contributed by atoms with Crippen LogP contribution in [-0.4, -0.2) is 0 Å². The molecule has 5 heteroatoms. The van der Waals surface area contributed by atoms with Crippen molar-refractivity contribution in [1.82, 2.24) is 0 Å².